The average molecular weight is 743 g/mol. The SMILES string of the molecule is CC1(C)c2ccccc2-c2ccc(-c3ccc(-c4nc(-c5ccccc5)nc(-n5c6ccccc6c6cccc(-c7ccc(-c8ccccc8)cc7)c65)n4)cc3)cc21. The molecule has 4 nitrogen and oxygen atoms in total. The normalized spacial score (nSPS) is 12.8. The van der Waals surface area contributed by atoms with Crippen LogP contribution in [0.15, 0.2) is 194 Å². The van der Waals surface area contributed by atoms with Gasteiger partial charge in [-0.25, -0.2) is 4.98 Å². The molecule has 0 aliphatic heterocycles. The van der Waals surface area contributed by atoms with Gasteiger partial charge in [-0.15, -0.1) is 0 Å². The van der Waals surface area contributed by atoms with Crippen LogP contribution in [0.2, 0.25) is 0 Å². The minimum Gasteiger partial charge on any atom is -0.277 e. The molecule has 0 unspecified atom stereocenters. The lowest BCUT2D eigenvalue weighted by Gasteiger charge is -2.22. The van der Waals surface area contributed by atoms with Crippen LogP contribution in [0.25, 0.3) is 95.0 Å². The van der Waals surface area contributed by atoms with Crippen molar-refractivity contribution < 1.29 is 0 Å². The van der Waals surface area contributed by atoms with Crippen LogP contribution in [0.1, 0.15) is 25.0 Å². The third-order valence-electron chi connectivity index (χ3n) is 11.9. The molecule has 10 aromatic rings. The van der Waals surface area contributed by atoms with Crippen LogP contribution in [0, 0.1) is 0 Å². The molecule has 11 rings (SSSR count). The van der Waals surface area contributed by atoms with Crippen molar-refractivity contribution in [1.82, 2.24) is 19.5 Å². The van der Waals surface area contributed by atoms with Crippen LogP contribution in [-0.4, -0.2) is 19.5 Å². The van der Waals surface area contributed by atoms with Gasteiger partial charge in [-0.3, -0.25) is 4.57 Å². The molecular weight excluding hydrogens is 705 g/mol. The number of hydrogen-bond donors (Lipinski definition) is 0. The van der Waals surface area contributed by atoms with Crippen molar-refractivity contribution in [1.29, 1.82) is 0 Å². The highest BCUT2D eigenvalue weighted by atomic mass is 15.2. The van der Waals surface area contributed by atoms with Gasteiger partial charge in [-0.1, -0.05) is 196 Å². The molecule has 58 heavy (non-hydrogen) atoms. The van der Waals surface area contributed by atoms with Gasteiger partial charge in [0.05, 0.1) is 11.0 Å². The van der Waals surface area contributed by atoms with E-state index in [4.69, 9.17) is 15.0 Å². The third-order valence-corrected chi connectivity index (χ3v) is 11.9. The minimum atomic E-state index is -0.0602. The van der Waals surface area contributed by atoms with E-state index in [2.05, 4.69) is 194 Å². The van der Waals surface area contributed by atoms with Crippen LogP contribution in [0.3, 0.4) is 0 Å². The van der Waals surface area contributed by atoms with E-state index in [0.717, 1.165) is 49.6 Å². The number of nitrogens with zero attached hydrogens (tertiary/aromatic N) is 4. The molecule has 0 fully saturated rings. The molecule has 2 heterocycles. The Morgan fingerprint density at radius 1 is 0.362 bits per heavy atom. The molecule has 2 aromatic heterocycles. The van der Waals surface area contributed by atoms with Crippen molar-refractivity contribution in [3.63, 3.8) is 0 Å². The first kappa shape index (κ1) is 33.9. The van der Waals surface area contributed by atoms with Crippen molar-refractivity contribution in [3.8, 4) is 73.2 Å². The van der Waals surface area contributed by atoms with E-state index >= 15 is 0 Å². The molecule has 0 N–H and O–H groups in total. The van der Waals surface area contributed by atoms with Crippen molar-refractivity contribution in [3.05, 3.63) is 205 Å². The third kappa shape index (κ3) is 5.48. The quantitative estimate of drug-likeness (QED) is 0.170. The first-order valence-electron chi connectivity index (χ1n) is 19.9. The zero-order chi connectivity index (χ0) is 38.8. The highest BCUT2D eigenvalue weighted by molar-refractivity contribution is 6.13. The first-order valence-corrected chi connectivity index (χ1v) is 19.9. The monoisotopic (exact) mass is 742 g/mol. The van der Waals surface area contributed by atoms with E-state index in [-0.39, 0.29) is 5.41 Å². The molecule has 8 aromatic carbocycles. The first-order chi connectivity index (χ1) is 28.5. The van der Waals surface area contributed by atoms with Crippen molar-refractivity contribution in [2.24, 2.45) is 0 Å². The highest BCUT2D eigenvalue weighted by Crippen LogP contribution is 2.49. The number of benzene rings is 8. The Balaban J connectivity index is 1.05. The fourth-order valence-corrected chi connectivity index (χ4v) is 8.94. The molecule has 1 aliphatic rings. The Morgan fingerprint density at radius 2 is 0.862 bits per heavy atom. The second kappa shape index (κ2) is 13.4. The van der Waals surface area contributed by atoms with E-state index < -0.39 is 0 Å². The Labute approximate surface area is 337 Å². The summed E-state index contributed by atoms with van der Waals surface area (Å²) in [6.07, 6.45) is 0. The summed E-state index contributed by atoms with van der Waals surface area (Å²) in [7, 11) is 0. The van der Waals surface area contributed by atoms with Crippen LogP contribution in [0.4, 0.5) is 0 Å². The number of rotatable bonds is 6. The lowest BCUT2D eigenvalue weighted by atomic mass is 9.81. The predicted molar refractivity (Wildman–Crippen MR) is 239 cm³/mol. The largest absolute Gasteiger partial charge is 0.277 e. The van der Waals surface area contributed by atoms with Crippen molar-refractivity contribution in [2.45, 2.75) is 19.3 Å². The molecule has 0 bridgehead atoms. The number of aromatic nitrogens is 4. The zero-order valence-electron chi connectivity index (χ0n) is 32.3. The maximum absolute atomic E-state index is 5.29. The summed E-state index contributed by atoms with van der Waals surface area (Å²) in [5, 5.41) is 2.29. The summed E-state index contributed by atoms with van der Waals surface area (Å²) in [6, 6.07) is 69.0. The molecule has 0 saturated heterocycles. The summed E-state index contributed by atoms with van der Waals surface area (Å²) in [4.78, 5) is 15.6. The maximum Gasteiger partial charge on any atom is 0.238 e. The van der Waals surface area contributed by atoms with Crippen LogP contribution >= 0.6 is 0 Å². The Bertz CT molecular complexity index is 3160. The molecule has 0 saturated carbocycles. The smallest absolute Gasteiger partial charge is 0.238 e. The second-order valence-electron chi connectivity index (χ2n) is 15.7. The number of fused-ring (bicyclic) bond motifs is 6. The average Bonchev–Trinajstić information content (AvgIpc) is 3.75. The van der Waals surface area contributed by atoms with Gasteiger partial charge in [0.15, 0.2) is 11.6 Å². The fraction of sp³-hybridized carbons (Fsp3) is 0.0556. The fourth-order valence-electron chi connectivity index (χ4n) is 8.94. The van der Waals surface area contributed by atoms with E-state index in [9.17, 15) is 0 Å². The summed E-state index contributed by atoms with van der Waals surface area (Å²) < 4.78 is 2.22. The van der Waals surface area contributed by atoms with Crippen LogP contribution in [0.5, 0.6) is 0 Å². The van der Waals surface area contributed by atoms with Crippen molar-refractivity contribution >= 4 is 21.8 Å². The van der Waals surface area contributed by atoms with Crippen LogP contribution < -0.4 is 0 Å². The van der Waals surface area contributed by atoms with Gasteiger partial charge in [-0.2, -0.15) is 9.97 Å². The van der Waals surface area contributed by atoms with E-state index in [1.165, 1.54) is 38.9 Å². The number of hydrogen-bond acceptors (Lipinski definition) is 3. The van der Waals surface area contributed by atoms with Gasteiger partial charge in [0.1, 0.15) is 0 Å². The van der Waals surface area contributed by atoms with Gasteiger partial charge in [0.25, 0.3) is 0 Å². The zero-order valence-corrected chi connectivity index (χ0v) is 32.3. The second-order valence-corrected chi connectivity index (χ2v) is 15.7. The standard InChI is InChI=1S/C54H38N4/c1-54(2)47-22-11-9-18-43(47)44-33-32-41(34-48(44)54)37-26-30-40(31-27-37)52-55-51(39-16-7-4-8-17-39)56-53(57-52)58-49-23-12-10-19-45(49)46-21-13-20-42(50(46)58)38-28-24-36(25-29-38)35-14-5-3-6-15-35/h3-34H,1-2H3. The van der Waals surface area contributed by atoms with Gasteiger partial charge >= 0.3 is 0 Å². The Hall–Kier alpha value is -7.43. The van der Waals surface area contributed by atoms with Gasteiger partial charge < -0.3 is 0 Å². The molecule has 0 radical (unpaired) electrons. The summed E-state index contributed by atoms with van der Waals surface area (Å²) in [6.45, 7) is 4.66. The van der Waals surface area contributed by atoms with Crippen molar-refractivity contribution in [2.75, 3.05) is 0 Å². The predicted octanol–water partition coefficient (Wildman–Crippen LogP) is 13.6. The molecule has 0 atom stereocenters. The van der Waals surface area contributed by atoms with E-state index in [0.29, 0.717) is 17.6 Å². The topological polar surface area (TPSA) is 43.6 Å². The summed E-state index contributed by atoms with van der Waals surface area (Å²) in [5.41, 5.74) is 16.3. The molecule has 0 spiro atoms. The van der Waals surface area contributed by atoms with Gasteiger partial charge in [0.2, 0.25) is 5.95 Å². The summed E-state index contributed by atoms with van der Waals surface area (Å²) >= 11 is 0. The van der Waals surface area contributed by atoms with Crippen LogP contribution in [-0.2, 0) is 5.41 Å². The summed E-state index contributed by atoms with van der Waals surface area (Å²) in [5.74, 6) is 1.82. The maximum atomic E-state index is 5.29. The highest BCUT2D eigenvalue weighted by Gasteiger charge is 2.35. The molecule has 1 aliphatic carbocycles. The molecule has 4 heteroatoms. The lowest BCUT2D eigenvalue weighted by molar-refractivity contribution is 0.660. The Morgan fingerprint density at radius 3 is 1.60 bits per heavy atom. The Kier molecular flexibility index (Phi) is 7.80. The van der Waals surface area contributed by atoms with Gasteiger partial charge in [-0.05, 0) is 62.2 Å². The van der Waals surface area contributed by atoms with E-state index in [1.807, 2.05) is 18.2 Å². The molecule has 0 amide bonds. The van der Waals surface area contributed by atoms with E-state index in [1.54, 1.807) is 0 Å². The number of para-hydroxylation sites is 2. The minimum absolute atomic E-state index is 0.0602. The molecule has 274 valence electrons. The van der Waals surface area contributed by atoms with Gasteiger partial charge in [0, 0.05) is 32.9 Å². The lowest BCUT2D eigenvalue weighted by Crippen LogP contribution is -2.14. The molecular formula is C54H38N4.